The summed E-state index contributed by atoms with van der Waals surface area (Å²) in [5.74, 6) is -1.42. The predicted molar refractivity (Wildman–Crippen MR) is 135 cm³/mol. The van der Waals surface area contributed by atoms with Gasteiger partial charge in [-0.2, -0.15) is 0 Å². The summed E-state index contributed by atoms with van der Waals surface area (Å²) in [6, 6.07) is 17.1. The zero-order valence-electron chi connectivity index (χ0n) is 21.0. The second-order valence-corrected chi connectivity index (χ2v) is 9.35. The van der Waals surface area contributed by atoms with Crippen LogP contribution in [0.5, 0.6) is 0 Å². The number of hydrogen-bond acceptors (Lipinski definition) is 6. The fourth-order valence-corrected chi connectivity index (χ4v) is 3.93. The van der Waals surface area contributed by atoms with Gasteiger partial charge in [-0.1, -0.05) is 53.7 Å². The first-order valence-corrected chi connectivity index (χ1v) is 11.8. The number of hydrogen-bond donors (Lipinski definition) is 1. The molecule has 1 unspecified atom stereocenters. The van der Waals surface area contributed by atoms with Gasteiger partial charge in [0.25, 0.3) is 0 Å². The first kappa shape index (κ1) is 25.8. The highest BCUT2D eigenvalue weighted by Crippen LogP contribution is 2.31. The topological polar surface area (TPSA) is 103 Å². The van der Waals surface area contributed by atoms with Gasteiger partial charge in [0.2, 0.25) is 0 Å². The van der Waals surface area contributed by atoms with E-state index in [2.05, 4.69) is 10.1 Å². The van der Waals surface area contributed by atoms with E-state index in [1.54, 1.807) is 64.2 Å². The van der Waals surface area contributed by atoms with Gasteiger partial charge in [-0.15, -0.1) is 0 Å². The number of carboxylic acid groups (broad SMARTS) is 1. The van der Waals surface area contributed by atoms with Crippen molar-refractivity contribution in [2.45, 2.75) is 45.6 Å². The molecule has 1 atom stereocenters. The molecule has 7 nitrogen and oxygen atoms in total. The summed E-state index contributed by atoms with van der Waals surface area (Å²) in [6.45, 7) is 6.64. The van der Waals surface area contributed by atoms with E-state index in [1.807, 2.05) is 24.3 Å². The standard InChI is InChI=1S/C29H27FN2O5/c1-17-23(15-26(33)36-18(2)22-7-5-6-8-24(22)30)27(37-32-17)20-11-9-19(10-12-20)25-14-13-21(16-31-25)29(3,4)28(34)35/h5-14,16,18H,15H2,1-4H3,(H,34,35). The van der Waals surface area contributed by atoms with Crippen LogP contribution in [0, 0.1) is 12.7 Å². The van der Waals surface area contributed by atoms with Gasteiger partial charge in [0, 0.05) is 28.5 Å². The van der Waals surface area contributed by atoms with Crippen molar-refractivity contribution in [3.05, 3.63) is 95.1 Å². The zero-order valence-corrected chi connectivity index (χ0v) is 21.0. The van der Waals surface area contributed by atoms with Crippen molar-refractivity contribution in [1.82, 2.24) is 10.1 Å². The number of benzene rings is 2. The van der Waals surface area contributed by atoms with Crippen molar-refractivity contribution in [3.63, 3.8) is 0 Å². The van der Waals surface area contributed by atoms with Crippen LogP contribution in [-0.2, 0) is 26.2 Å². The van der Waals surface area contributed by atoms with Crippen LogP contribution in [0.4, 0.5) is 4.39 Å². The van der Waals surface area contributed by atoms with E-state index in [9.17, 15) is 19.1 Å². The third kappa shape index (κ3) is 5.43. The number of ether oxygens (including phenoxy) is 1. The molecule has 1 N–H and O–H groups in total. The molecule has 0 saturated heterocycles. The van der Waals surface area contributed by atoms with Crippen LogP contribution in [0.3, 0.4) is 0 Å². The van der Waals surface area contributed by atoms with E-state index in [4.69, 9.17) is 9.26 Å². The Balaban J connectivity index is 1.50. The molecule has 4 aromatic rings. The average molecular weight is 503 g/mol. The molecule has 37 heavy (non-hydrogen) atoms. The summed E-state index contributed by atoms with van der Waals surface area (Å²) in [5, 5.41) is 13.4. The molecular formula is C29H27FN2O5. The van der Waals surface area contributed by atoms with Gasteiger partial charge in [-0.25, -0.2) is 4.39 Å². The van der Waals surface area contributed by atoms with Gasteiger partial charge in [0.05, 0.1) is 23.2 Å². The van der Waals surface area contributed by atoms with Gasteiger partial charge in [-0.3, -0.25) is 14.6 Å². The summed E-state index contributed by atoms with van der Waals surface area (Å²) in [6.07, 6.45) is 0.758. The Kier molecular flexibility index (Phi) is 7.20. The van der Waals surface area contributed by atoms with Crippen LogP contribution < -0.4 is 0 Å². The summed E-state index contributed by atoms with van der Waals surface area (Å²) in [7, 11) is 0. The Labute approximate surface area is 213 Å². The largest absolute Gasteiger partial charge is 0.481 e. The SMILES string of the molecule is Cc1noc(-c2ccc(-c3ccc(C(C)(C)C(=O)O)cn3)cc2)c1CC(=O)OC(C)c1ccccc1F. The van der Waals surface area contributed by atoms with Crippen LogP contribution in [0.15, 0.2) is 71.4 Å². The lowest BCUT2D eigenvalue weighted by molar-refractivity contribution is -0.148. The molecule has 0 saturated carbocycles. The number of pyridine rings is 1. The van der Waals surface area contributed by atoms with E-state index < -0.39 is 29.3 Å². The highest BCUT2D eigenvalue weighted by Gasteiger charge is 2.29. The number of esters is 1. The molecule has 8 heteroatoms. The molecule has 0 amide bonds. The minimum absolute atomic E-state index is 0.0758. The number of nitrogens with zero attached hydrogens (tertiary/aromatic N) is 2. The lowest BCUT2D eigenvalue weighted by Crippen LogP contribution is -2.28. The van der Waals surface area contributed by atoms with E-state index in [1.165, 1.54) is 6.07 Å². The number of halogens is 1. The Morgan fingerprint density at radius 1 is 1.05 bits per heavy atom. The van der Waals surface area contributed by atoms with E-state index in [0.717, 1.165) is 11.1 Å². The van der Waals surface area contributed by atoms with E-state index >= 15 is 0 Å². The normalized spacial score (nSPS) is 12.2. The number of carboxylic acids is 1. The van der Waals surface area contributed by atoms with Crippen LogP contribution in [-0.4, -0.2) is 27.2 Å². The fraction of sp³-hybridized carbons (Fsp3) is 0.241. The third-order valence-electron chi connectivity index (χ3n) is 6.42. The predicted octanol–water partition coefficient (Wildman–Crippen LogP) is 6.06. The van der Waals surface area contributed by atoms with Crippen molar-refractivity contribution >= 4 is 11.9 Å². The minimum Gasteiger partial charge on any atom is -0.481 e. The number of carbonyl (C=O) groups excluding carboxylic acids is 1. The van der Waals surface area contributed by atoms with E-state index in [-0.39, 0.29) is 6.42 Å². The Hall–Kier alpha value is -4.33. The van der Waals surface area contributed by atoms with Gasteiger partial charge < -0.3 is 14.4 Å². The van der Waals surface area contributed by atoms with E-state index in [0.29, 0.717) is 33.8 Å². The lowest BCUT2D eigenvalue weighted by Gasteiger charge is -2.19. The highest BCUT2D eigenvalue weighted by molar-refractivity contribution is 5.80. The van der Waals surface area contributed by atoms with Crippen LogP contribution in [0.2, 0.25) is 0 Å². The third-order valence-corrected chi connectivity index (χ3v) is 6.42. The summed E-state index contributed by atoms with van der Waals surface area (Å²) in [4.78, 5) is 28.6. The molecular weight excluding hydrogens is 475 g/mol. The first-order valence-electron chi connectivity index (χ1n) is 11.8. The summed E-state index contributed by atoms with van der Waals surface area (Å²) < 4.78 is 25.0. The molecule has 0 fully saturated rings. The number of carbonyl (C=O) groups is 2. The molecule has 190 valence electrons. The van der Waals surface area contributed by atoms with Crippen LogP contribution in [0.1, 0.15) is 49.3 Å². The van der Waals surface area contributed by atoms with Gasteiger partial charge >= 0.3 is 11.9 Å². The number of aliphatic carboxylic acids is 1. The molecule has 2 aromatic carbocycles. The highest BCUT2D eigenvalue weighted by atomic mass is 19.1. The van der Waals surface area contributed by atoms with Crippen LogP contribution >= 0.6 is 0 Å². The second kappa shape index (κ2) is 10.3. The Morgan fingerprint density at radius 3 is 2.35 bits per heavy atom. The maximum absolute atomic E-state index is 14.0. The smallest absolute Gasteiger partial charge is 0.313 e. The second-order valence-electron chi connectivity index (χ2n) is 9.35. The van der Waals surface area contributed by atoms with Gasteiger partial charge in [-0.05, 0) is 45.4 Å². The minimum atomic E-state index is -1.04. The fourth-order valence-electron chi connectivity index (χ4n) is 3.93. The zero-order chi connectivity index (χ0) is 26.7. The monoisotopic (exact) mass is 502 g/mol. The summed E-state index contributed by atoms with van der Waals surface area (Å²) in [5.41, 5.74) is 3.28. The molecule has 0 bridgehead atoms. The van der Waals surface area contributed by atoms with Crippen LogP contribution in [0.25, 0.3) is 22.6 Å². The van der Waals surface area contributed by atoms with Gasteiger partial charge in [0.1, 0.15) is 11.9 Å². The van der Waals surface area contributed by atoms with Crippen molar-refractivity contribution in [1.29, 1.82) is 0 Å². The molecule has 0 spiro atoms. The maximum Gasteiger partial charge on any atom is 0.313 e. The average Bonchev–Trinajstić information content (AvgIpc) is 3.24. The van der Waals surface area contributed by atoms with Crippen molar-refractivity contribution in [2.75, 3.05) is 0 Å². The number of aryl methyl sites for hydroxylation is 1. The molecule has 0 radical (unpaired) electrons. The Morgan fingerprint density at radius 2 is 1.73 bits per heavy atom. The maximum atomic E-state index is 14.0. The van der Waals surface area contributed by atoms with Crippen molar-refractivity contribution < 1.29 is 28.3 Å². The van der Waals surface area contributed by atoms with Crippen molar-refractivity contribution in [2.24, 2.45) is 0 Å². The first-order chi connectivity index (χ1) is 17.6. The van der Waals surface area contributed by atoms with Crippen molar-refractivity contribution in [3.8, 4) is 22.6 Å². The van der Waals surface area contributed by atoms with Gasteiger partial charge in [0.15, 0.2) is 5.76 Å². The molecule has 2 aromatic heterocycles. The number of aromatic nitrogens is 2. The molecule has 4 rings (SSSR count). The summed E-state index contributed by atoms with van der Waals surface area (Å²) >= 11 is 0. The lowest BCUT2D eigenvalue weighted by atomic mass is 9.86. The molecule has 0 aliphatic carbocycles. The number of rotatable bonds is 8. The molecule has 2 heterocycles. The molecule has 0 aliphatic rings. The Bertz CT molecular complexity index is 1430. The quantitative estimate of drug-likeness (QED) is 0.292. The molecule has 0 aliphatic heterocycles.